The zero-order chi connectivity index (χ0) is 12.3. The molecule has 0 spiro atoms. The number of halogens is 1. The van der Waals surface area contributed by atoms with Gasteiger partial charge in [0.05, 0.1) is 11.9 Å². The zero-order valence-corrected chi connectivity index (χ0v) is 10.8. The molecule has 1 aromatic carbocycles. The highest BCUT2D eigenvalue weighted by molar-refractivity contribution is 6.30. The van der Waals surface area contributed by atoms with Crippen molar-refractivity contribution in [2.24, 2.45) is 0 Å². The summed E-state index contributed by atoms with van der Waals surface area (Å²) in [7, 11) is 0. The lowest BCUT2D eigenvalue weighted by Gasteiger charge is -2.07. The van der Waals surface area contributed by atoms with Crippen molar-refractivity contribution in [3.05, 3.63) is 58.4 Å². The maximum atomic E-state index is 5.88. The Morgan fingerprint density at radius 1 is 1.18 bits per heavy atom. The van der Waals surface area contributed by atoms with Gasteiger partial charge < -0.3 is 5.32 Å². The van der Waals surface area contributed by atoms with Gasteiger partial charge in [0, 0.05) is 6.54 Å². The van der Waals surface area contributed by atoms with Crippen LogP contribution < -0.4 is 5.32 Å². The minimum Gasteiger partial charge on any atom is -0.380 e. The van der Waals surface area contributed by atoms with E-state index in [1.807, 2.05) is 13.0 Å². The number of hydrogen-bond donors (Lipinski definition) is 1. The number of pyridine rings is 1. The smallest absolute Gasteiger partial charge is 0.132 e. The molecule has 2 rings (SSSR count). The van der Waals surface area contributed by atoms with Crippen molar-refractivity contribution in [1.82, 2.24) is 4.98 Å². The molecule has 0 saturated carbocycles. The number of nitrogens with zero attached hydrogens (tertiary/aromatic N) is 1. The number of aryl methyl sites for hydroxylation is 2. The monoisotopic (exact) mass is 246 g/mol. The second-order valence-corrected chi connectivity index (χ2v) is 4.53. The molecule has 0 saturated heterocycles. The maximum absolute atomic E-state index is 5.88. The molecule has 1 heterocycles. The first-order valence-corrected chi connectivity index (χ1v) is 5.94. The third-order valence-corrected chi connectivity index (χ3v) is 3.03. The van der Waals surface area contributed by atoms with E-state index in [9.17, 15) is 0 Å². The van der Waals surface area contributed by atoms with Gasteiger partial charge in [0.2, 0.25) is 0 Å². The van der Waals surface area contributed by atoms with Crippen LogP contribution in [0.3, 0.4) is 0 Å². The van der Waals surface area contributed by atoms with E-state index in [0.29, 0.717) is 5.15 Å². The van der Waals surface area contributed by atoms with Crippen molar-refractivity contribution in [2.45, 2.75) is 20.4 Å². The minimum absolute atomic E-state index is 0.561. The van der Waals surface area contributed by atoms with E-state index < -0.39 is 0 Å². The van der Waals surface area contributed by atoms with Crippen molar-refractivity contribution in [3.63, 3.8) is 0 Å². The second kappa shape index (κ2) is 5.19. The molecule has 0 radical (unpaired) electrons. The fourth-order valence-electron chi connectivity index (χ4n) is 1.56. The van der Waals surface area contributed by atoms with Crippen LogP contribution in [-0.2, 0) is 6.54 Å². The van der Waals surface area contributed by atoms with Gasteiger partial charge in [0.25, 0.3) is 0 Å². The van der Waals surface area contributed by atoms with E-state index in [-0.39, 0.29) is 0 Å². The molecule has 2 nitrogen and oxygen atoms in total. The Kier molecular flexibility index (Phi) is 3.64. The highest BCUT2D eigenvalue weighted by atomic mass is 35.5. The van der Waals surface area contributed by atoms with Gasteiger partial charge in [-0.3, -0.25) is 0 Å². The van der Waals surface area contributed by atoms with Crippen LogP contribution in [0.15, 0.2) is 36.5 Å². The van der Waals surface area contributed by atoms with Gasteiger partial charge in [-0.15, -0.1) is 0 Å². The Bertz CT molecular complexity index is 506. The molecule has 0 atom stereocenters. The van der Waals surface area contributed by atoms with Crippen LogP contribution in [0.1, 0.15) is 16.7 Å². The molecular formula is C14H15ClN2. The molecule has 17 heavy (non-hydrogen) atoms. The first kappa shape index (κ1) is 11.9. The molecule has 0 fully saturated rings. The van der Waals surface area contributed by atoms with E-state index in [1.54, 1.807) is 6.20 Å². The summed E-state index contributed by atoms with van der Waals surface area (Å²) in [6.45, 7) is 4.83. The third-order valence-electron chi connectivity index (χ3n) is 2.63. The molecule has 3 heteroatoms. The fourth-order valence-corrected chi connectivity index (χ4v) is 1.67. The second-order valence-electron chi connectivity index (χ2n) is 4.17. The van der Waals surface area contributed by atoms with Crippen LogP contribution in [0.4, 0.5) is 5.69 Å². The molecule has 0 amide bonds. The predicted molar refractivity (Wildman–Crippen MR) is 72.5 cm³/mol. The zero-order valence-electron chi connectivity index (χ0n) is 10.00. The van der Waals surface area contributed by atoms with Crippen LogP contribution in [0, 0.1) is 13.8 Å². The summed E-state index contributed by atoms with van der Waals surface area (Å²) in [5.41, 5.74) is 4.51. The molecule has 0 aliphatic carbocycles. The average molecular weight is 247 g/mol. The van der Waals surface area contributed by atoms with E-state index in [2.05, 4.69) is 41.5 Å². The maximum Gasteiger partial charge on any atom is 0.132 e. The predicted octanol–water partition coefficient (Wildman–Crippen LogP) is 3.96. The van der Waals surface area contributed by atoms with Gasteiger partial charge in [-0.05, 0) is 31.0 Å². The largest absolute Gasteiger partial charge is 0.380 e. The molecular weight excluding hydrogens is 232 g/mol. The van der Waals surface area contributed by atoms with Crippen molar-refractivity contribution >= 4 is 17.3 Å². The van der Waals surface area contributed by atoms with E-state index in [4.69, 9.17) is 11.6 Å². The van der Waals surface area contributed by atoms with E-state index >= 15 is 0 Å². The summed E-state index contributed by atoms with van der Waals surface area (Å²) in [5.74, 6) is 0. The fraction of sp³-hybridized carbons (Fsp3) is 0.214. The Morgan fingerprint density at radius 2 is 1.88 bits per heavy atom. The van der Waals surface area contributed by atoms with Crippen LogP contribution in [0.25, 0.3) is 0 Å². The molecule has 0 bridgehead atoms. The summed E-state index contributed by atoms with van der Waals surface area (Å²) in [4.78, 5) is 4.11. The first-order chi connectivity index (χ1) is 8.15. The number of anilines is 1. The Morgan fingerprint density at radius 3 is 2.53 bits per heavy atom. The normalized spacial score (nSPS) is 10.3. The highest BCUT2D eigenvalue weighted by Gasteiger charge is 1.99. The van der Waals surface area contributed by atoms with E-state index in [1.165, 1.54) is 11.1 Å². The number of hydrogen-bond acceptors (Lipinski definition) is 2. The lowest BCUT2D eigenvalue weighted by molar-refractivity contribution is 1.13. The molecule has 0 unspecified atom stereocenters. The van der Waals surface area contributed by atoms with Crippen molar-refractivity contribution in [3.8, 4) is 0 Å². The van der Waals surface area contributed by atoms with Crippen LogP contribution in [-0.4, -0.2) is 4.98 Å². The summed E-state index contributed by atoms with van der Waals surface area (Å²) in [6, 6.07) is 10.5. The van der Waals surface area contributed by atoms with Gasteiger partial charge >= 0.3 is 0 Å². The molecule has 1 aromatic heterocycles. The quantitative estimate of drug-likeness (QED) is 0.829. The summed E-state index contributed by atoms with van der Waals surface area (Å²) in [6.07, 6.45) is 1.75. The summed E-state index contributed by atoms with van der Waals surface area (Å²) >= 11 is 5.88. The van der Waals surface area contributed by atoms with Crippen LogP contribution >= 0.6 is 11.6 Å². The molecule has 0 aliphatic heterocycles. The number of benzene rings is 1. The van der Waals surface area contributed by atoms with Crippen molar-refractivity contribution in [2.75, 3.05) is 5.32 Å². The molecule has 2 aromatic rings. The Labute approximate surface area is 107 Å². The molecule has 1 N–H and O–H groups in total. The van der Waals surface area contributed by atoms with Gasteiger partial charge in [0.1, 0.15) is 5.15 Å². The van der Waals surface area contributed by atoms with Crippen molar-refractivity contribution in [1.29, 1.82) is 0 Å². The number of nitrogens with one attached hydrogen (secondary N) is 1. The van der Waals surface area contributed by atoms with Gasteiger partial charge in [0.15, 0.2) is 0 Å². The standard InChI is InChI=1S/C14H15ClN2/c1-10-3-5-12(6-4-10)8-16-13-7-11(2)14(15)17-9-13/h3-7,9,16H,8H2,1-2H3. The van der Waals surface area contributed by atoms with Crippen LogP contribution in [0.5, 0.6) is 0 Å². The highest BCUT2D eigenvalue weighted by Crippen LogP contribution is 2.16. The van der Waals surface area contributed by atoms with Gasteiger partial charge in [-0.2, -0.15) is 0 Å². The first-order valence-electron chi connectivity index (χ1n) is 5.57. The Balaban J connectivity index is 2.02. The summed E-state index contributed by atoms with van der Waals surface area (Å²) in [5, 5.41) is 3.89. The van der Waals surface area contributed by atoms with Gasteiger partial charge in [-0.1, -0.05) is 41.4 Å². The lowest BCUT2D eigenvalue weighted by atomic mass is 10.1. The van der Waals surface area contributed by atoms with Crippen LogP contribution in [0.2, 0.25) is 5.15 Å². The van der Waals surface area contributed by atoms with E-state index in [0.717, 1.165) is 17.8 Å². The number of rotatable bonds is 3. The molecule has 88 valence electrons. The minimum atomic E-state index is 0.561. The third kappa shape index (κ3) is 3.21. The summed E-state index contributed by atoms with van der Waals surface area (Å²) < 4.78 is 0. The topological polar surface area (TPSA) is 24.9 Å². The average Bonchev–Trinajstić information content (AvgIpc) is 2.33. The van der Waals surface area contributed by atoms with Gasteiger partial charge in [-0.25, -0.2) is 4.98 Å². The number of aromatic nitrogens is 1. The SMILES string of the molecule is Cc1ccc(CNc2cnc(Cl)c(C)c2)cc1. The lowest BCUT2D eigenvalue weighted by Crippen LogP contribution is -2.00. The molecule has 0 aliphatic rings. The van der Waals surface area contributed by atoms with Crippen molar-refractivity contribution < 1.29 is 0 Å². The Hall–Kier alpha value is -1.54.